The first-order chi connectivity index (χ1) is 17.8. The third-order valence-electron chi connectivity index (χ3n) is 6.52. The van der Waals surface area contributed by atoms with Gasteiger partial charge in [-0.2, -0.15) is 0 Å². The smallest absolute Gasteiger partial charge is 0.268 e. The molecule has 37 heavy (non-hydrogen) atoms. The summed E-state index contributed by atoms with van der Waals surface area (Å²) in [5, 5.41) is 0. The SMILES string of the molecule is Cc1ccc(S(=O)(=O)N2CC(c3ccccc3)C(c3ccccc3F)=C(c3ccccc3F)C2=O)cc1. The minimum Gasteiger partial charge on any atom is -0.268 e. The zero-order valence-electron chi connectivity index (χ0n) is 19.9. The number of sulfonamides is 1. The Morgan fingerprint density at radius 1 is 0.730 bits per heavy atom. The lowest BCUT2D eigenvalue weighted by molar-refractivity contribution is -0.121. The maximum atomic E-state index is 15.2. The van der Waals surface area contributed by atoms with E-state index in [0.29, 0.717) is 5.56 Å². The van der Waals surface area contributed by atoms with Gasteiger partial charge in [0.25, 0.3) is 15.9 Å². The summed E-state index contributed by atoms with van der Waals surface area (Å²) < 4.78 is 58.8. The molecule has 4 nitrogen and oxygen atoms in total. The molecule has 0 radical (unpaired) electrons. The van der Waals surface area contributed by atoms with Crippen LogP contribution in [0.1, 0.15) is 28.2 Å². The Morgan fingerprint density at radius 2 is 1.27 bits per heavy atom. The van der Waals surface area contributed by atoms with Crippen molar-refractivity contribution in [2.45, 2.75) is 17.7 Å². The lowest BCUT2D eigenvalue weighted by atomic mass is 9.79. The van der Waals surface area contributed by atoms with Gasteiger partial charge in [0, 0.05) is 23.6 Å². The summed E-state index contributed by atoms with van der Waals surface area (Å²) in [6, 6.07) is 26.7. The van der Waals surface area contributed by atoms with Crippen LogP contribution in [-0.4, -0.2) is 25.2 Å². The number of nitrogens with zero attached hydrogens (tertiary/aromatic N) is 1. The summed E-state index contributed by atoms with van der Waals surface area (Å²) in [5.41, 5.74) is 1.63. The van der Waals surface area contributed by atoms with Crippen LogP contribution < -0.4 is 0 Å². The fourth-order valence-corrected chi connectivity index (χ4v) is 6.07. The van der Waals surface area contributed by atoms with E-state index in [2.05, 4.69) is 0 Å². The predicted octanol–water partition coefficient (Wildman–Crippen LogP) is 6.20. The fraction of sp³-hybridized carbons (Fsp3) is 0.100. The first-order valence-corrected chi connectivity index (χ1v) is 13.2. The maximum Gasteiger partial charge on any atom is 0.268 e. The van der Waals surface area contributed by atoms with E-state index in [4.69, 9.17) is 0 Å². The molecule has 4 aromatic carbocycles. The quantitative estimate of drug-likeness (QED) is 0.318. The van der Waals surface area contributed by atoms with Gasteiger partial charge in [-0.1, -0.05) is 84.4 Å². The molecule has 1 heterocycles. The number of carbonyl (C=O) groups is 1. The van der Waals surface area contributed by atoms with E-state index >= 15 is 8.78 Å². The summed E-state index contributed by atoms with van der Waals surface area (Å²) >= 11 is 0. The highest BCUT2D eigenvalue weighted by Crippen LogP contribution is 2.45. The second-order valence-electron chi connectivity index (χ2n) is 8.87. The number of aryl methyl sites for hydroxylation is 1. The van der Waals surface area contributed by atoms with Gasteiger partial charge >= 0.3 is 0 Å². The number of halogens is 2. The van der Waals surface area contributed by atoms with Crippen molar-refractivity contribution in [2.75, 3.05) is 6.54 Å². The summed E-state index contributed by atoms with van der Waals surface area (Å²) in [6.07, 6.45) is 0. The highest BCUT2D eigenvalue weighted by atomic mass is 32.2. The highest BCUT2D eigenvalue weighted by molar-refractivity contribution is 7.89. The zero-order valence-corrected chi connectivity index (χ0v) is 20.8. The van der Waals surface area contributed by atoms with Crippen molar-refractivity contribution in [2.24, 2.45) is 0 Å². The minimum atomic E-state index is -4.30. The second-order valence-corrected chi connectivity index (χ2v) is 10.7. The van der Waals surface area contributed by atoms with Crippen LogP contribution in [0.3, 0.4) is 0 Å². The van der Waals surface area contributed by atoms with Gasteiger partial charge in [0.1, 0.15) is 11.6 Å². The Balaban J connectivity index is 1.83. The van der Waals surface area contributed by atoms with E-state index in [1.54, 1.807) is 48.5 Å². The van der Waals surface area contributed by atoms with Crippen LogP contribution in [0.2, 0.25) is 0 Å². The molecular weight excluding hydrogens is 492 g/mol. The average Bonchev–Trinajstić information content (AvgIpc) is 2.90. The molecule has 1 atom stereocenters. The topological polar surface area (TPSA) is 54.5 Å². The summed E-state index contributed by atoms with van der Waals surface area (Å²) in [5.74, 6) is -2.95. The van der Waals surface area contributed by atoms with Crippen molar-refractivity contribution in [1.29, 1.82) is 0 Å². The largest absolute Gasteiger partial charge is 0.268 e. The molecule has 1 amide bonds. The lowest BCUT2D eigenvalue weighted by Crippen LogP contribution is -2.44. The van der Waals surface area contributed by atoms with E-state index < -0.39 is 33.5 Å². The van der Waals surface area contributed by atoms with Crippen molar-refractivity contribution in [3.63, 3.8) is 0 Å². The van der Waals surface area contributed by atoms with Gasteiger partial charge in [0.2, 0.25) is 0 Å². The Kier molecular flexibility index (Phi) is 6.48. The van der Waals surface area contributed by atoms with Crippen LogP contribution in [0, 0.1) is 18.6 Å². The molecule has 0 bridgehead atoms. The molecule has 1 unspecified atom stereocenters. The Bertz CT molecular complexity index is 1610. The molecule has 186 valence electrons. The normalized spacial score (nSPS) is 16.2. The van der Waals surface area contributed by atoms with Crippen LogP contribution in [0.15, 0.2) is 108 Å². The molecule has 1 aliphatic rings. The van der Waals surface area contributed by atoms with Gasteiger partial charge in [0.15, 0.2) is 0 Å². The average molecular weight is 516 g/mol. The van der Waals surface area contributed by atoms with Crippen LogP contribution >= 0.6 is 0 Å². The number of hydrogen-bond donors (Lipinski definition) is 0. The highest BCUT2D eigenvalue weighted by Gasteiger charge is 2.43. The Labute approximate surface area is 214 Å². The lowest BCUT2D eigenvalue weighted by Gasteiger charge is -2.36. The molecule has 0 saturated heterocycles. The zero-order chi connectivity index (χ0) is 26.2. The predicted molar refractivity (Wildman–Crippen MR) is 139 cm³/mol. The van der Waals surface area contributed by atoms with E-state index in [-0.39, 0.29) is 33.7 Å². The van der Waals surface area contributed by atoms with Crippen LogP contribution in [0.5, 0.6) is 0 Å². The van der Waals surface area contributed by atoms with Crippen molar-refractivity contribution in [3.8, 4) is 0 Å². The number of benzene rings is 4. The third kappa shape index (κ3) is 4.47. The molecular formula is C30H23F2NO3S. The van der Waals surface area contributed by atoms with E-state index in [1.165, 1.54) is 48.5 Å². The van der Waals surface area contributed by atoms with Crippen molar-refractivity contribution in [3.05, 3.63) is 137 Å². The second kappa shape index (κ2) is 9.75. The van der Waals surface area contributed by atoms with Crippen LogP contribution in [0.25, 0.3) is 11.1 Å². The molecule has 0 saturated carbocycles. The van der Waals surface area contributed by atoms with Crippen molar-refractivity contribution < 1.29 is 22.0 Å². The fourth-order valence-electron chi connectivity index (χ4n) is 4.68. The number of carbonyl (C=O) groups excluding carboxylic acids is 1. The van der Waals surface area contributed by atoms with Gasteiger partial charge in [-0.3, -0.25) is 4.79 Å². The summed E-state index contributed by atoms with van der Waals surface area (Å²) in [6.45, 7) is 1.56. The van der Waals surface area contributed by atoms with E-state index in [9.17, 15) is 13.2 Å². The maximum absolute atomic E-state index is 15.2. The van der Waals surface area contributed by atoms with Gasteiger partial charge in [-0.15, -0.1) is 0 Å². The van der Waals surface area contributed by atoms with Crippen molar-refractivity contribution >= 4 is 27.1 Å². The molecule has 0 spiro atoms. The van der Waals surface area contributed by atoms with Crippen molar-refractivity contribution in [1.82, 2.24) is 4.31 Å². The number of amides is 1. The molecule has 1 aliphatic heterocycles. The monoisotopic (exact) mass is 515 g/mol. The molecule has 0 aliphatic carbocycles. The van der Waals surface area contributed by atoms with E-state index in [0.717, 1.165) is 9.87 Å². The minimum absolute atomic E-state index is 0.0551. The van der Waals surface area contributed by atoms with Gasteiger partial charge in [0.05, 0.1) is 10.5 Å². The molecule has 5 rings (SSSR count). The number of rotatable bonds is 5. The third-order valence-corrected chi connectivity index (χ3v) is 8.29. The van der Waals surface area contributed by atoms with Gasteiger partial charge in [-0.05, 0) is 42.3 Å². The number of hydrogen-bond acceptors (Lipinski definition) is 3. The standard InChI is InChI=1S/C30H23F2NO3S/c1-20-15-17-22(18-16-20)37(35,36)33-19-25(21-9-3-2-4-10-21)28(23-11-5-7-13-26(23)31)29(30(33)34)24-12-6-8-14-27(24)32/h2-18,25H,19H2,1H3. The Hall–Kier alpha value is -4.10. The molecule has 7 heteroatoms. The summed E-state index contributed by atoms with van der Waals surface area (Å²) in [4.78, 5) is 14.0. The first-order valence-electron chi connectivity index (χ1n) is 11.7. The first kappa shape index (κ1) is 24.6. The summed E-state index contributed by atoms with van der Waals surface area (Å²) in [7, 11) is -4.30. The van der Waals surface area contributed by atoms with Crippen LogP contribution in [0.4, 0.5) is 8.78 Å². The molecule has 4 aromatic rings. The molecule has 0 fully saturated rings. The van der Waals surface area contributed by atoms with Gasteiger partial charge < -0.3 is 0 Å². The van der Waals surface area contributed by atoms with Gasteiger partial charge in [-0.25, -0.2) is 21.5 Å². The Morgan fingerprint density at radius 3 is 1.86 bits per heavy atom. The molecule has 0 aromatic heterocycles. The molecule has 0 N–H and O–H groups in total. The van der Waals surface area contributed by atoms with Crippen LogP contribution in [-0.2, 0) is 14.8 Å². The van der Waals surface area contributed by atoms with E-state index in [1.807, 2.05) is 13.0 Å².